The number of hydrogen-bond donors (Lipinski definition) is 1. The maximum Gasteiger partial charge on any atom is 0.277 e. The van der Waals surface area contributed by atoms with Crippen LogP contribution in [0.4, 0.5) is 0 Å². The van der Waals surface area contributed by atoms with Crippen molar-refractivity contribution in [3.8, 4) is 16.3 Å². The van der Waals surface area contributed by atoms with Crippen molar-refractivity contribution < 1.29 is 9.53 Å². The van der Waals surface area contributed by atoms with Crippen LogP contribution in [-0.4, -0.2) is 33.3 Å². The van der Waals surface area contributed by atoms with Gasteiger partial charge < -0.3 is 10.1 Å². The molecule has 0 fully saturated rings. The van der Waals surface area contributed by atoms with Gasteiger partial charge in [0.2, 0.25) is 0 Å². The predicted octanol–water partition coefficient (Wildman–Crippen LogP) is 2.56. The summed E-state index contributed by atoms with van der Waals surface area (Å²) >= 11 is 1.23. The number of carbonyl (C=O) groups is 1. The van der Waals surface area contributed by atoms with E-state index >= 15 is 0 Å². The van der Waals surface area contributed by atoms with Crippen LogP contribution in [0.25, 0.3) is 10.6 Å². The number of nitrogens with zero attached hydrogens (tertiary/aromatic N) is 3. The highest BCUT2D eigenvalue weighted by Crippen LogP contribution is 2.30. The summed E-state index contributed by atoms with van der Waals surface area (Å²) in [6.45, 7) is 5.90. The van der Waals surface area contributed by atoms with Crippen molar-refractivity contribution in [1.82, 2.24) is 20.1 Å². The molecule has 0 bridgehead atoms. The van der Waals surface area contributed by atoms with Gasteiger partial charge in [-0.1, -0.05) is 18.2 Å². The number of fused-ring (bicyclic) bond motifs is 1. The third-order valence-electron chi connectivity index (χ3n) is 5.15. The number of benzene rings is 1. The van der Waals surface area contributed by atoms with Gasteiger partial charge in [-0.05, 0) is 38.0 Å². The number of rotatable bonds is 4. The standard InChI is InChI=1S/C21H22N4O3S/c1-11-12(2)24-25(4)21(27)17(11)20-23-13(3)18(29-20)19(26)22-10-15-9-14-7-5-6-8-16(14)28-15/h5-8,15H,9-10H2,1-4H3,(H,22,26)/t15-/m1/s1. The molecule has 3 aromatic rings. The van der Waals surface area contributed by atoms with Gasteiger partial charge in [-0.15, -0.1) is 11.3 Å². The molecule has 0 spiro atoms. The van der Waals surface area contributed by atoms with E-state index in [0.717, 1.165) is 29.0 Å². The first-order chi connectivity index (χ1) is 13.8. The second kappa shape index (κ2) is 7.44. The summed E-state index contributed by atoms with van der Waals surface area (Å²) in [6.07, 6.45) is 0.691. The topological polar surface area (TPSA) is 86.1 Å². The molecule has 1 aromatic carbocycles. The van der Waals surface area contributed by atoms with Gasteiger partial charge in [-0.25, -0.2) is 9.67 Å². The monoisotopic (exact) mass is 410 g/mol. The third kappa shape index (κ3) is 3.55. The van der Waals surface area contributed by atoms with Gasteiger partial charge in [0.15, 0.2) is 0 Å². The number of carbonyl (C=O) groups excluding carboxylic acids is 1. The normalized spacial score (nSPS) is 15.1. The summed E-state index contributed by atoms with van der Waals surface area (Å²) in [5, 5.41) is 7.69. The fourth-order valence-electron chi connectivity index (χ4n) is 3.47. The van der Waals surface area contributed by atoms with Crippen molar-refractivity contribution in [2.24, 2.45) is 7.05 Å². The summed E-state index contributed by atoms with van der Waals surface area (Å²) in [7, 11) is 1.62. The van der Waals surface area contributed by atoms with Crippen LogP contribution in [0.1, 0.15) is 32.2 Å². The Balaban J connectivity index is 1.52. The van der Waals surface area contributed by atoms with E-state index in [1.54, 1.807) is 14.0 Å². The molecule has 1 N–H and O–H groups in total. The first kappa shape index (κ1) is 19.3. The average Bonchev–Trinajstić information content (AvgIpc) is 3.28. The predicted molar refractivity (Wildman–Crippen MR) is 112 cm³/mol. The molecule has 0 radical (unpaired) electrons. The Kier molecular flexibility index (Phi) is 4.96. The Labute approximate surface area is 172 Å². The van der Waals surface area contributed by atoms with Crippen LogP contribution in [0.3, 0.4) is 0 Å². The van der Waals surface area contributed by atoms with Crippen LogP contribution in [0.5, 0.6) is 5.75 Å². The smallest absolute Gasteiger partial charge is 0.277 e. The van der Waals surface area contributed by atoms with Gasteiger partial charge in [0.25, 0.3) is 11.5 Å². The molecule has 8 heteroatoms. The summed E-state index contributed by atoms with van der Waals surface area (Å²) in [4.78, 5) is 30.4. The Morgan fingerprint density at radius 1 is 1.28 bits per heavy atom. The van der Waals surface area contributed by atoms with Crippen LogP contribution >= 0.6 is 11.3 Å². The lowest BCUT2D eigenvalue weighted by atomic mass is 10.1. The Morgan fingerprint density at radius 3 is 2.79 bits per heavy atom. The number of aryl methyl sites for hydroxylation is 3. The highest BCUT2D eigenvalue weighted by Gasteiger charge is 2.25. The zero-order valence-corrected chi connectivity index (χ0v) is 17.6. The van der Waals surface area contributed by atoms with E-state index in [9.17, 15) is 9.59 Å². The average molecular weight is 410 g/mol. The molecule has 29 heavy (non-hydrogen) atoms. The Hall–Kier alpha value is -3.00. The maximum atomic E-state index is 12.8. The summed E-state index contributed by atoms with van der Waals surface area (Å²) in [5.41, 5.74) is 3.59. The molecule has 4 rings (SSSR count). The second-order valence-electron chi connectivity index (χ2n) is 7.21. The van der Waals surface area contributed by atoms with Crippen LogP contribution in [-0.2, 0) is 13.5 Å². The van der Waals surface area contributed by atoms with Crippen molar-refractivity contribution in [2.45, 2.75) is 33.3 Å². The number of amides is 1. The van der Waals surface area contributed by atoms with E-state index in [0.29, 0.717) is 27.7 Å². The summed E-state index contributed by atoms with van der Waals surface area (Å²) < 4.78 is 7.19. The van der Waals surface area contributed by atoms with Crippen molar-refractivity contribution in [3.63, 3.8) is 0 Å². The third-order valence-corrected chi connectivity index (χ3v) is 6.32. The number of nitrogens with one attached hydrogen (secondary N) is 1. The van der Waals surface area contributed by atoms with E-state index in [1.807, 2.05) is 38.1 Å². The minimum atomic E-state index is -0.217. The molecule has 2 aromatic heterocycles. The Morgan fingerprint density at radius 2 is 2.03 bits per heavy atom. The molecule has 1 aliphatic rings. The van der Waals surface area contributed by atoms with Crippen molar-refractivity contribution in [1.29, 1.82) is 0 Å². The largest absolute Gasteiger partial charge is 0.488 e. The van der Waals surface area contributed by atoms with Crippen molar-refractivity contribution >= 4 is 17.2 Å². The van der Waals surface area contributed by atoms with Crippen molar-refractivity contribution in [2.75, 3.05) is 6.54 Å². The fourth-order valence-corrected chi connectivity index (χ4v) is 4.55. The van der Waals surface area contributed by atoms with Crippen LogP contribution in [0.15, 0.2) is 29.1 Å². The molecule has 0 saturated heterocycles. The molecule has 150 valence electrons. The maximum absolute atomic E-state index is 12.8. The lowest BCUT2D eigenvalue weighted by Crippen LogP contribution is -2.34. The van der Waals surface area contributed by atoms with Gasteiger partial charge in [-0.2, -0.15) is 5.10 Å². The molecule has 7 nitrogen and oxygen atoms in total. The fraction of sp³-hybridized carbons (Fsp3) is 0.333. The number of thiazole rings is 1. The van der Waals surface area contributed by atoms with Crippen molar-refractivity contribution in [3.05, 3.63) is 62.0 Å². The number of aromatic nitrogens is 3. The zero-order valence-electron chi connectivity index (χ0n) is 16.8. The molecule has 0 aliphatic carbocycles. The lowest BCUT2D eigenvalue weighted by molar-refractivity contribution is 0.0937. The minimum absolute atomic E-state index is 0.0820. The van der Waals surface area contributed by atoms with Crippen LogP contribution in [0, 0.1) is 20.8 Å². The second-order valence-corrected chi connectivity index (χ2v) is 8.21. The molecular weight excluding hydrogens is 388 g/mol. The van der Waals surface area contributed by atoms with Gasteiger partial charge in [0.05, 0.1) is 23.5 Å². The molecule has 0 unspecified atom stereocenters. The van der Waals surface area contributed by atoms with Gasteiger partial charge >= 0.3 is 0 Å². The van der Waals surface area contributed by atoms with Gasteiger partial charge in [0, 0.05) is 13.5 Å². The first-order valence-corrected chi connectivity index (χ1v) is 10.2. The Bertz CT molecular complexity index is 1140. The van der Waals surface area contributed by atoms with Crippen LogP contribution in [0.2, 0.25) is 0 Å². The minimum Gasteiger partial charge on any atom is -0.488 e. The van der Waals surface area contributed by atoms with E-state index in [-0.39, 0.29) is 17.6 Å². The molecular formula is C21H22N4O3S. The summed E-state index contributed by atoms with van der Waals surface area (Å²) in [6, 6.07) is 7.90. The molecule has 0 saturated carbocycles. The number of hydrogen-bond acceptors (Lipinski definition) is 6. The molecule has 1 amide bonds. The molecule has 1 atom stereocenters. The summed E-state index contributed by atoms with van der Waals surface area (Å²) in [5.74, 6) is 0.674. The van der Waals surface area contributed by atoms with Crippen LogP contribution < -0.4 is 15.6 Å². The van der Waals surface area contributed by atoms with E-state index in [1.165, 1.54) is 16.0 Å². The lowest BCUT2D eigenvalue weighted by Gasteiger charge is -2.11. The number of para-hydroxylation sites is 1. The van der Waals surface area contributed by atoms with Gasteiger partial charge in [0.1, 0.15) is 21.7 Å². The first-order valence-electron chi connectivity index (χ1n) is 9.40. The SMILES string of the molecule is Cc1nc(-c2c(C)c(C)nn(C)c2=O)sc1C(=O)NC[C@H]1Cc2ccccc2O1. The molecule has 3 heterocycles. The number of ether oxygens (including phenoxy) is 1. The zero-order chi connectivity index (χ0) is 20.7. The van der Waals surface area contributed by atoms with E-state index in [2.05, 4.69) is 15.4 Å². The van der Waals surface area contributed by atoms with E-state index < -0.39 is 0 Å². The quantitative estimate of drug-likeness (QED) is 0.714. The van der Waals surface area contributed by atoms with E-state index in [4.69, 9.17) is 4.74 Å². The highest BCUT2D eigenvalue weighted by molar-refractivity contribution is 7.17. The van der Waals surface area contributed by atoms with Gasteiger partial charge in [-0.3, -0.25) is 9.59 Å². The molecule has 1 aliphatic heterocycles. The highest BCUT2D eigenvalue weighted by atomic mass is 32.1.